The summed E-state index contributed by atoms with van der Waals surface area (Å²) in [6.45, 7) is 6.92. The lowest BCUT2D eigenvalue weighted by molar-refractivity contribution is -0.204. The summed E-state index contributed by atoms with van der Waals surface area (Å²) in [5.41, 5.74) is 6.07. The van der Waals surface area contributed by atoms with E-state index < -0.39 is 10.9 Å². The Bertz CT molecular complexity index is 1660. The third-order valence-corrected chi connectivity index (χ3v) is 13.5. The third-order valence-electron chi connectivity index (χ3n) is 10.9. The summed E-state index contributed by atoms with van der Waals surface area (Å²) < 4.78 is 18.1. The summed E-state index contributed by atoms with van der Waals surface area (Å²) >= 11 is 0. The minimum atomic E-state index is -0.588. The maximum absolute atomic E-state index is 12.8. The number of aryl methyl sites for hydroxylation is 2. The van der Waals surface area contributed by atoms with E-state index in [4.69, 9.17) is 14.2 Å². The van der Waals surface area contributed by atoms with Gasteiger partial charge in [0, 0.05) is 9.79 Å². The number of esters is 1. The molecule has 0 aromatic heterocycles. The molecular formula is C40H42O4S. The molecule has 4 aliphatic carbocycles. The van der Waals surface area contributed by atoms with E-state index in [0.29, 0.717) is 24.2 Å². The molecule has 4 aromatic rings. The van der Waals surface area contributed by atoms with Crippen molar-refractivity contribution in [3.8, 4) is 22.6 Å². The van der Waals surface area contributed by atoms with Crippen LogP contribution in [0.2, 0.25) is 0 Å². The molecule has 1 heterocycles. The summed E-state index contributed by atoms with van der Waals surface area (Å²) in [4.78, 5) is 17.0. The SMILES string of the molecule is Cc1ccc2c(c1)-c1cc(C)ccc1[SH]2c1ccc(OCc2ccc(OCC(=O)OC3(C)C4CC5CC(C4)CC3C5)cc2)cc1. The number of hydrogen-bond donors (Lipinski definition) is 1. The first-order valence-electron chi connectivity index (χ1n) is 16.5. The molecule has 0 N–H and O–H groups in total. The average molecular weight is 619 g/mol. The zero-order chi connectivity index (χ0) is 30.7. The van der Waals surface area contributed by atoms with Crippen molar-refractivity contribution in [1.29, 1.82) is 0 Å². The van der Waals surface area contributed by atoms with Crippen LogP contribution in [0, 0.1) is 37.5 Å². The Hall–Kier alpha value is -3.70. The van der Waals surface area contributed by atoms with Gasteiger partial charge in [-0.3, -0.25) is 0 Å². The highest BCUT2D eigenvalue weighted by atomic mass is 32.2. The van der Waals surface area contributed by atoms with E-state index in [2.05, 4.69) is 81.4 Å². The average Bonchev–Trinajstić information content (AvgIpc) is 3.34. The van der Waals surface area contributed by atoms with Gasteiger partial charge in [-0.2, -0.15) is 10.9 Å². The number of fused-ring (bicyclic) bond motifs is 3. The van der Waals surface area contributed by atoms with E-state index in [0.717, 1.165) is 23.1 Å². The molecule has 4 fully saturated rings. The molecule has 4 aromatic carbocycles. The number of benzene rings is 4. The molecule has 4 nitrogen and oxygen atoms in total. The molecule has 4 saturated carbocycles. The van der Waals surface area contributed by atoms with Crippen LogP contribution in [0.5, 0.6) is 11.5 Å². The second-order valence-electron chi connectivity index (χ2n) is 14.1. The second kappa shape index (κ2) is 11.3. The first-order chi connectivity index (χ1) is 21.8. The van der Waals surface area contributed by atoms with Crippen molar-refractivity contribution in [3.05, 3.63) is 102 Å². The van der Waals surface area contributed by atoms with Crippen LogP contribution in [0.3, 0.4) is 0 Å². The van der Waals surface area contributed by atoms with Crippen LogP contribution in [-0.4, -0.2) is 18.2 Å². The van der Waals surface area contributed by atoms with Gasteiger partial charge in [0.1, 0.15) is 23.7 Å². The normalized spacial score (nSPS) is 26.3. The van der Waals surface area contributed by atoms with Gasteiger partial charge >= 0.3 is 5.97 Å². The fourth-order valence-corrected chi connectivity index (χ4v) is 11.3. The summed E-state index contributed by atoms with van der Waals surface area (Å²) in [5.74, 6) is 3.98. The minimum absolute atomic E-state index is 0.0548. The van der Waals surface area contributed by atoms with Crippen molar-refractivity contribution in [2.45, 2.75) is 79.8 Å². The zero-order valence-electron chi connectivity index (χ0n) is 26.4. The van der Waals surface area contributed by atoms with Crippen LogP contribution >= 0.6 is 10.9 Å². The van der Waals surface area contributed by atoms with E-state index in [-0.39, 0.29) is 18.2 Å². The maximum Gasteiger partial charge on any atom is 0.344 e. The Kier molecular flexibility index (Phi) is 7.20. The van der Waals surface area contributed by atoms with E-state index >= 15 is 0 Å². The number of thiol groups is 1. The van der Waals surface area contributed by atoms with E-state index in [1.54, 1.807) is 0 Å². The van der Waals surface area contributed by atoms with Crippen molar-refractivity contribution in [2.24, 2.45) is 23.7 Å². The van der Waals surface area contributed by atoms with Gasteiger partial charge in [0.15, 0.2) is 6.61 Å². The van der Waals surface area contributed by atoms with Crippen molar-refractivity contribution in [1.82, 2.24) is 0 Å². The number of ether oxygens (including phenoxy) is 3. The topological polar surface area (TPSA) is 44.8 Å². The Morgan fingerprint density at radius 3 is 1.82 bits per heavy atom. The lowest BCUT2D eigenvalue weighted by Gasteiger charge is -2.59. The number of rotatable bonds is 8. The summed E-state index contributed by atoms with van der Waals surface area (Å²) in [7, 11) is -0.588. The van der Waals surface area contributed by atoms with Gasteiger partial charge in [0.25, 0.3) is 0 Å². The van der Waals surface area contributed by atoms with Crippen molar-refractivity contribution >= 4 is 16.9 Å². The van der Waals surface area contributed by atoms with Crippen LogP contribution < -0.4 is 9.47 Å². The molecular weight excluding hydrogens is 577 g/mol. The summed E-state index contributed by atoms with van der Waals surface area (Å²) in [6.07, 6.45) is 6.26. The minimum Gasteiger partial charge on any atom is -0.489 e. The van der Waals surface area contributed by atoms with Gasteiger partial charge in [-0.15, -0.1) is 0 Å². The van der Waals surface area contributed by atoms with Crippen LogP contribution in [0.15, 0.2) is 99.6 Å². The smallest absolute Gasteiger partial charge is 0.344 e. The van der Waals surface area contributed by atoms with E-state index in [1.165, 1.54) is 69.0 Å². The predicted octanol–water partition coefficient (Wildman–Crippen LogP) is 9.48. The third kappa shape index (κ3) is 5.33. The van der Waals surface area contributed by atoms with Crippen molar-refractivity contribution in [2.75, 3.05) is 6.61 Å². The van der Waals surface area contributed by atoms with Gasteiger partial charge in [-0.05, 0) is 147 Å². The number of carbonyl (C=O) groups excluding carboxylic acids is 1. The molecule has 5 aliphatic rings. The molecule has 0 amide bonds. The van der Waals surface area contributed by atoms with E-state index in [9.17, 15) is 4.79 Å². The molecule has 45 heavy (non-hydrogen) atoms. The van der Waals surface area contributed by atoms with Crippen LogP contribution in [0.4, 0.5) is 0 Å². The quantitative estimate of drug-likeness (QED) is 0.139. The maximum atomic E-state index is 12.8. The highest BCUT2D eigenvalue weighted by molar-refractivity contribution is 8.17. The van der Waals surface area contributed by atoms with Crippen molar-refractivity contribution in [3.63, 3.8) is 0 Å². The molecule has 0 saturated heterocycles. The van der Waals surface area contributed by atoms with Crippen LogP contribution in [-0.2, 0) is 16.1 Å². The molecule has 9 rings (SSSR count). The van der Waals surface area contributed by atoms with Gasteiger partial charge in [-0.25, -0.2) is 4.79 Å². The molecule has 0 atom stereocenters. The first kappa shape index (κ1) is 28.8. The molecule has 5 heteroatoms. The largest absolute Gasteiger partial charge is 0.489 e. The van der Waals surface area contributed by atoms with Crippen LogP contribution in [0.1, 0.15) is 55.7 Å². The lowest BCUT2D eigenvalue weighted by Crippen LogP contribution is -2.58. The molecule has 232 valence electrons. The van der Waals surface area contributed by atoms with E-state index in [1.807, 2.05) is 24.3 Å². The fourth-order valence-electron chi connectivity index (χ4n) is 8.77. The first-order valence-corrected chi connectivity index (χ1v) is 17.8. The molecule has 1 aliphatic heterocycles. The molecule has 0 radical (unpaired) electrons. The van der Waals surface area contributed by atoms with Gasteiger partial charge < -0.3 is 14.2 Å². The highest BCUT2D eigenvalue weighted by Crippen LogP contribution is 2.63. The standard InChI is InChI=1S/C40H42O4S/c1-25-4-14-37-35(16-25)36-17-26(2)5-15-38(36)45(37)34-12-10-33(11-13-34)42-23-27-6-8-32(9-7-27)43-24-39(41)44-40(3)30-19-28-18-29(21-30)22-31(40)20-28/h4-17,28-31,45H,18-24H2,1-3H3. The van der Waals surface area contributed by atoms with Gasteiger partial charge in [-0.1, -0.05) is 47.5 Å². The van der Waals surface area contributed by atoms with Gasteiger partial charge in [0.05, 0.1) is 0 Å². The summed E-state index contributed by atoms with van der Waals surface area (Å²) in [5, 5.41) is 0. The number of carbonyl (C=O) groups is 1. The Labute approximate surface area is 269 Å². The summed E-state index contributed by atoms with van der Waals surface area (Å²) in [6, 6.07) is 30.2. The predicted molar refractivity (Wildman–Crippen MR) is 179 cm³/mol. The van der Waals surface area contributed by atoms with Gasteiger partial charge in [0.2, 0.25) is 0 Å². The monoisotopic (exact) mass is 618 g/mol. The fraction of sp³-hybridized carbons (Fsp3) is 0.375. The Morgan fingerprint density at radius 2 is 1.24 bits per heavy atom. The number of hydrogen-bond acceptors (Lipinski definition) is 4. The molecule has 0 spiro atoms. The Morgan fingerprint density at radius 1 is 0.711 bits per heavy atom. The highest BCUT2D eigenvalue weighted by Gasteiger charge is 2.57. The Balaban J connectivity index is 0.865. The van der Waals surface area contributed by atoms with Crippen LogP contribution in [0.25, 0.3) is 11.1 Å². The lowest BCUT2D eigenvalue weighted by atomic mass is 9.50. The van der Waals surface area contributed by atoms with Crippen molar-refractivity contribution < 1.29 is 19.0 Å². The second-order valence-corrected chi connectivity index (χ2v) is 16.2. The molecule has 0 unspecified atom stereocenters. The molecule has 4 bridgehead atoms. The zero-order valence-corrected chi connectivity index (χ0v) is 27.3.